The summed E-state index contributed by atoms with van der Waals surface area (Å²) in [5, 5.41) is 2.84. The third-order valence-electron chi connectivity index (χ3n) is 4.47. The molecule has 0 atom stereocenters. The fourth-order valence-corrected chi connectivity index (χ4v) is 3.74. The molecule has 0 unspecified atom stereocenters. The fraction of sp³-hybridized carbons (Fsp3) is 0.500. The highest BCUT2D eigenvalue weighted by atomic mass is 32.1. The predicted octanol–water partition coefficient (Wildman–Crippen LogP) is 4.43. The van der Waals surface area contributed by atoms with Gasteiger partial charge in [-0.15, -0.1) is 11.3 Å². The van der Waals surface area contributed by atoms with Crippen LogP contribution in [0.5, 0.6) is 0 Å². The van der Waals surface area contributed by atoms with Gasteiger partial charge in [-0.1, -0.05) is 19.1 Å². The van der Waals surface area contributed by atoms with Crippen LogP contribution in [0, 0.1) is 12.8 Å². The number of carbonyl (C=O) groups excluding carboxylic acids is 1. The van der Waals surface area contributed by atoms with Crippen LogP contribution in [-0.2, 0) is 17.6 Å². The molecule has 3 nitrogen and oxygen atoms in total. The van der Waals surface area contributed by atoms with Crippen LogP contribution >= 0.6 is 11.3 Å². The van der Waals surface area contributed by atoms with E-state index in [9.17, 15) is 4.79 Å². The lowest BCUT2D eigenvalue weighted by molar-refractivity contribution is -0.117. The second kappa shape index (κ2) is 7.93. The first-order chi connectivity index (χ1) is 11.7. The second-order valence-corrected chi connectivity index (χ2v) is 7.82. The van der Waals surface area contributed by atoms with Crippen molar-refractivity contribution in [2.45, 2.75) is 46.0 Å². The number of benzene rings is 1. The van der Waals surface area contributed by atoms with E-state index in [0.29, 0.717) is 12.8 Å². The highest BCUT2D eigenvalue weighted by Gasteiger charge is 2.25. The Morgan fingerprint density at radius 3 is 2.83 bits per heavy atom. The van der Waals surface area contributed by atoms with Crippen LogP contribution in [0.4, 0.5) is 5.69 Å². The predicted molar refractivity (Wildman–Crippen MR) is 101 cm³/mol. The van der Waals surface area contributed by atoms with Gasteiger partial charge in [0.2, 0.25) is 0 Å². The number of anilines is 1. The van der Waals surface area contributed by atoms with Crippen molar-refractivity contribution >= 4 is 22.8 Å². The molecule has 128 valence electrons. The Morgan fingerprint density at radius 2 is 2.17 bits per heavy atom. The Hall–Kier alpha value is -1.68. The van der Waals surface area contributed by atoms with Crippen molar-refractivity contribution in [1.82, 2.24) is 4.98 Å². The smallest absolute Gasteiger partial charge is 0.144 e. The number of hydrogen-bond acceptors (Lipinski definition) is 4. The van der Waals surface area contributed by atoms with E-state index >= 15 is 0 Å². The average molecular weight is 343 g/mol. The number of aromatic nitrogens is 1. The molecule has 24 heavy (non-hydrogen) atoms. The highest BCUT2D eigenvalue weighted by molar-refractivity contribution is 7.09. The van der Waals surface area contributed by atoms with Crippen molar-refractivity contribution in [1.29, 1.82) is 0 Å². The standard InChI is InChI=1S/C20H26N2OS/c1-3-9-22(14-16-5-6-16)19-11-15(2)4-7-17(19)12-18(23)13-20-21-8-10-24-20/h4,7-8,10-11,16H,3,5-6,9,12-14H2,1-2H3. The summed E-state index contributed by atoms with van der Waals surface area (Å²) in [5.74, 6) is 1.09. The first-order valence-corrected chi connectivity index (χ1v) is 9.78. The molecule has 0 saturated heterocycles. The molecule has 1 aliphatic carbocycles. The summed E-state index contributed by atoms with van der Waals surface area (Å²) >= 11 is 1.56. The zero-order chi connectivity index (χ0) is 16.9. The normalized spacial score (nSPS) is 13.9. The Morgan fingerprint density at radius 1 is 1.33 bits per heavy atom. The van der Waals surface area contributed by atoms with Gasteiger partial charge < -0.3 is 4.90 Å². The van der Waals surface area contributed by atoms with Gasteiger partial charge >= 0.3 is 0 Å². The number of aryl methyl sites for hydroxylation is 1. The van der Waals surface area contributed by atoms with Gasteiger partial charge in [0.1, 0.15) is 5.78 Å². The third kappa shape index (κ3) is 4.67. The molecule has 1 saturated carbocycles. The van der Waals surface area contributed by atoms with Crippen molar-refractivity contribution in [3.63, 3.8) is 0 Å². The number of ketones is 1. The molecule has 1 heterocycles. The number of Topliss-reactive ketones (excluding diaryl/α,β-unsaturated/α-hetero) is 1. The third-order valence-corrected chi connectivity index (χ3v) is 5.25. The maximum absolute atomic E-state index is 12.5. The van der Waals surface area contributed by atoms with Crippen LogP contribution < -0.4 is 4.90 Å². The molecule has 3 rings (SSSR count). The summed E-state index contributed by atoms with van der Waals surface area (Å²) in [5.41, 5.74) is 3.69. The maximum atomic E-state index is 12.5. The lowest BCUT2D eigenvalue weighted by Crippen LogP contribution is -2.28. The highest BCUT2D eigenvalue weighted by Crippen LogP contribution is 2.33. The SMILES string of the molecule is CCCN(CC1CC1)c1cc(C)ccc1CC(=O)Cc1nccs1. The fourth-order valence-electron chi connectivity index (χ4n) is 3.09. The molecule has 0 aliphatic heterocycles. The van der Waals surface area contributed by atoms with Gasteiger partial charge in [0.25, 0.3) is 0 Å². The van der Waals surface area contributed by atoms with E-state index in [4.69, 9.17) is 0 Å². The lowest BCUT2D eigenvalue weighted by atomic mass is 10.0. The summed E-state index contributed by atoms with van der Waals surface area (Å²) in [6.07, 6.45) is 6.55. The topological polar surface area (TPSA) is 33.2 Å². The Balaban J connectivity index is 1.77. The first kappa shape index (κ1) is 17.2. The van der Waals surface area contributed by atoms with E-state index in [0.717, 1.165) is 36.0 Å². The number of nitrogens with zero attached hydrogens (tertiary/aromatic N) is 2. The molecule has 0 radical (unpaired) electrons. The molecule has 1 aromatic heterocycles. The molecular formula is C20H26N2OS. The summed E-state index contributed by atoms with van der Waals surface area (Å²) in [4.78, 5) is 19.2. The van der Waals surface area contributed by atoms with E-state index in [2.05, 4.69) is 41.9 Å². The lowest BCUT2D eigenvalue weighted by Gasteiger charge is -2.27. The number of carbonyl (C=O) groups is 1. The summed E-state index contributed by atoms with van der Waals surface area (Å²) in [6.45, 7) is 6.55. The molecule has 1 aliphatic rings. The van der Waals surface area contributed by atoms with Crippen LogP contribution in [-0.4, -0.2) is 23.9 Å². The van der Waals surface area contributed by atoms with Crippen LogP contribution in [0.1, 0.15) is 42.3 Å². The summed E-state index contributed by atoms with van der Waals surface area (Å²) in [6, 6.07) is 6.51. The molecule has 1 aromatic carbocycles. The minimum Gasteiger partial charge on any atom is -0.371 e. The van der Waals surface area contributed by atoms with Crippen LogP contribution in [0.3, 0.4) is 0 Å². The number of thiazole rings is 1. The van der Waals surface area contributed by atoms with Crippen LogP contribution in [0.15, 0.2) is 29.8 Å². The van der Waals surface area contributed by atoms with Gasteiger partial charge in [-0.2, -0.15) is 0 Å². The van der Waals surface area contributed by atoms with Crippen LogP contribution in [0.25, 0.3) is 0 Å². The summed E-state index contributed by atoms with van der Waals surface area (Å²) in [7, 11) is 0. The van der Waals surface area contributed by atoms with Crippen molar-refractivity contribution in [3.8, 4) is 0 Å². The van der Waals surface area contributed by atoms with Crippen molar-refractivity contribution in [2.24, 2.45) is 5.92 Å². The Kier molecular flexibility index (Phi) is 5.67. The molecule has 0 N–H and O–H groups in total. The van der Waals surface area contributed by atoms with Crippen LogP contribution in [0.2, 0.25) is 0 Å². The average Bonchev–Trinajstić information content (AvgIpc) is 3.23. The Bertz CT molecular complexity index is 677. The molecular weight excluding hydrogens is 316 g/mol. The minimum atomic E-state index is 0.248. The van der Waals surface area contributed by atoms with E-state index < -0.39 is 0 Å². The van der Waals surface area contributed by atoms with Gasteiger partial charge in [-0.05, 0) is 49.3 Å². The Labute approximate surface area is 148 Å². The molecule has 0 bridgehead atoms. The van der Waals surface area contributed by atoms with E-state index in [1.54, 1.807) is 17.5 Å². The maximum Gasteiger partial charge on any atom is 0.144 e. The van der Waals surface area contributed by atoms with Crippen molar-refractivity contribution in [3.05, 3.63) is 45.9 Å². The molecule has 2 aromatic rings. The first-order valence-electron chi connectivity index (χ1n) is 8.90. The zero-order valence-corrected chi connectivity index (χ0v) is 15.4. The number of rotatable bonds is 9. The second-order valence-electron chi connectivity index (χ2n) is 6.84. The minimum absolute atomic E-state index is 0.248. The molecule has 0 spiro atoms. The van der Waals surface area contributed by atoms with Gasteiger partial charge in [0.15, 0.2) is 0 Å². The summed E-state index contributed by atoms with van der Waals surface area (Å²) < 4.78 is 0. The van der Waals surface area contributed by atoms with Gasteiger partial charge in [-0.3, -0.25) is 4.79 Å². The van der Waals surface area contributed by atoms with E-state index in [-0.39, 0.29) is 5.78 Å². The largest absolute Gasteiger partial charge is 0.371 e. The van der Waals surface area contributed by atoms with Gasteiger partial charge in [0.05, 0.1) is 11.4 Å². The quantitative estimate of drug-likeness (QED) is 0.676. The van der Waals surface area contributed by atoms with Crippen molar-refractivity contribution in [2.75, 3.05) is 18.0 Å². The van der Waals surface area contributed by atoms with Crippen molar-refractivity contribution < 1.29 is 4.79 Å². The van der Waals surface area contributed by atoms with Gasteiger partial charge in [-0.25, -0.2) is 4.98 Å². The van der Waals surface area contributed by atoms with E-state index in [1.807, 2.05) is 5.38 Å². The number of hydrogen-bond donors (Lipinski definition) is 0. The molecule has 0 amide bonds. The zero-order valence-electron chi connectivity index (χ0n) is 14.6. The van der Waals surface area contributed by atoms with E-state index in [1.165, 1.54) is 24.1 Å². The molecule has 1 fully saturated rings. The monoisotopic (exact) mass is 342 g/mol. The molecule has 4 heteroatoms. The van der Waals surface area contributed by atoms with Gasteiger partial charge in [0, 0.05) is 36.8 Å².